The fourth-order valence-corrected chi connectivity index (χ4v) is 3.44. The Bertz CT molecular complexity index is 883. The normalized spacial score (nSPS) is 14.9. The summed E-state index contributed by atoms with van der Waals surface area (Å²) < 4.78 is 0. The summed E-state index contributed by atoms with van der Waals surface area (Å²) in [6.07, 6.45) is 0. The molecule has 2 aromatic carbocycles. The molecular formula is C18H19Cl2N4O3+. The molecule has 2 aromatic rings. The first-order valence-electron chi connectivity index (χ1n) is 8.46. The first-order chi connectivity index (χ1) is 12.8. The van der Waals surface area contributed by atoms with Crippen LogP contribution in [0.4, 0.5) is 17.1 Å². The molecule has 0 unspecified atom stereocenters. The van der Waals surface area contributed by atoms with Crippen molar-refractivity contribution in [2.24, 2.45) is 0 Å². The van der Waals surface area contributed by atoms with Gasteiger partial charge in [0.15, 0.2) is 0 Å². The predicted molar refractivity (Wildman–Crippen MR) is 106 cm³/mol. The average molecular weight is 410 g/mol. The summed E-state index contributed by atoms with van der Waals surface area (Å²) in [5.74, 6) is -0.446. The molecule has 3 rings (SSSR count). The van der Waals surface area contributed by atoms with Gasteiger partial charge in [0.2, 0.25) is 0 Å². The number of piperazine rings is 1. The molecule has 0 bridgehead atoms. The monoisotopic (exact) mass is 409 g/mol. The van der Waals surface area contributed by atoms with E-state index in [2.05, 4.69) is 17.3 Å². The minimum Gasteiger partial charge on any atom is -0.359 e. The fourth-order valence-electron chi connectivity index (χ4n) is 3.00. The van der Waals surface area contributed by atoms with Gasteiger partial charge in [-0.05, 0) is 24.3 Å². The Morgan fingerprint density at radius 1 is 1.19 bits per heavy atom. The molecule has 27 heavy (non-hydrogen) atoms. The Balaban J connectivity index is 1.85. The number of amides is 1. The maximum Gasteiger partial charge on any atom is 0.270 e. The van der Waals surface area contributed by atoms with Crippen LogP contribution in [0, 0.1) is 10.1 Å². The van der Waals surface area contributed by atoms with E-state index in [4.69, 9.17) is 23.2 Å². The second kappa shape index (κ2) is 8.12. The third-order valence-corrected chi connectivity index (χ3v) is 5.12. The van der Waals surface area contributed by atoms with Gasteiger partial charge in [-0.3, -0.25) is 14.9 Å². The fraction of sp³-hybridized carbons (Fsp3) is 0.278. The number of nitrogens with zero attached hydrogens (tertiary/aromatic N) is 2. The molecule has 1 saturated heterocycles. The number of nitro benzene ring substituents is 1. The molecular weight excluding hydrogens is 391 g/mol. The standard InChI is InChI=1S/C18H18Cl2N4O3/c1-22-6-8-23(9-7-22)17-5-2-12(19)10-16(17)21-18(25)14-4-3-13(24(26)27)11-15(14)20/h2-5,10-11H,6-9H2,1H3,(H,21,25)/p+1. The maximum atomic E-state index is 12.7. The van der Waals surface area contributed by atoms with Crippen molar-refractivity contribution in [1.29, 1.82) is 0 Å². The summed E-state index contributed by atoms with van der Waals surface area (Å²) in [7, 11) is 2.15. The van der Waals surface area contributed by atoms with Gasteiger partial charge in [0, 0.05) is 17.2 Å². The quantitative estimate of drug-likeness (QED) is 0.600. The van der Waals surface area contributed by atoms with Crippen molar-refractivity contribution < 1.29 is 14.6 Å². The lowest BCUT2D eigenvalue weighted by atomic mass is 10.1. The minimum atomic E-state index is -0.558. The molecule has 0 radical (unpaired) electrons. The number of benzene rings is 2. The number of nitrogens with one attached hydrogen (secondary N) is 2. The second-order valence-electron chi connectivity index (χ2n) is 6.48. The first kappa shape index (κ1) is 19.4. The van der Waals surface area contributed by atoms with E-state index < -0.39 is 10.8 Å². The molecule has 0 spiro atoms. The summed E-state index contributed by atoms with van der Waals surface area (Å²) in [6, 6.07) is 9.13. The van der Waals surface area contributed by atoms with Crippen LogP contribution < -0.4 is 15.1 Å². The van der Waals surface area contributed by atoms with E-state index in [1.54, 1.807) is 12.1 Å². The van der Waals surface area contributed by atoms with E-state index in [9.17, 15) is 14.9 Å². The second-order valence-corrected chi connectivity index (χ2v) is 7.32. The number of non-ortho nitro benzene ring substituents is 1. The lowest BCUT2D eigenvalue weighted by Crippen LogP contribution is -3.12. The van der Waals surface area contributed by atoms with Crippen molar-refractivity contribution in [3.05, 3.63) is 62.1 Å². The molecule has 1 heterocycles. The SMILES string of the molecule is C[NH+]1CCN(c2ccc(Cl)cc2NC(=O)c2ccc([N+](=O)[O-])cc2Cl)CC1. The number of nitro groups is 1. The first-order valence-corrected chi connectivity index (χ1v) is 9.22. The van der Waals surface area contributed by atoms with Crippen molar-refractivity contribution in [2.75, 3.05) is 43.4 Å². The minimum absolute atomic E-state index is 0.0217. The number of rotatable bonds is 4. The number of quaternary nitrogens is 1. The summed E-state index contributed by atoms with van der Waals surface area (Å²) in [5, 5.41) is 14.2. The van der Waals surface area contributed by atoms with Gasteiger partial charge >= 0.3 is 0 Å². The molecule has 1 aliphatic heterocycles. The van der Waals surface area contributed by atoms with Crippen LogP contribution in [-0.4, -0.2) is 44.1 Å². The number of anilines is 2. The van der Waals surface area contributed by atoms with Crippen molar-refractivity contribution >= 4 is 46.2 Å². The molecule has 1 fully saturated rings. The van der Waals surface area contributed by atoms with Gasteiger partial charge in [0.05, 0.1) is 60.1 Å². The number of carbonyl (C=O) groups excluding carboxylic acids is 1. The molecule has 1 aliphatic rings. The van der Waals surface area contributed by atoms with Crippen LogP contribution in [-0.2, 0) is 0 Å². The van der Waals surface area contributed by atoms with Gasteiger partial charge in [-0.2, -0.15) is 0 Å². The Morgan fingerprint density at radius 3 is 2.52 bits per heavy atom. The van der Waals surface area contributed by atoms with E-state index in [1.165, 1.54) is 23.1 Å². The van der Waals surface area contributed by atoms with Gasteiger partial charge in [0.25, 0.3) is 11.6 Å². The Hall–Kier alpha value is -2.35. The molecule has 142 valence electrons. The number of carbonyl (C=O) groups is 1. The van der Waals surface area contributed by atoms with E-state index in [0.717, 1.165) is 31.9 Å². The van der Waals surface area contributed by atoms with Crippen molar-refractivity contribution in [2.45, 2.75) is 0 Å². The van der Waals surface area contributed by atoms with E-state index in [0.29, 0.717) is 10.7 Å². The molecule has 2 N–H and O–H groups in total. The summed E-state index contributed by atoms with van der Waals surface area (Å²) in [6.45, 7) is 3.75. The highest BCUT2D eigenvalue weighted by molar-refractivity contribution is 6.35. The zero-order valence-electron chi connectivity index (χ0n) is 14.7. The van der Waals surface area contributed by atoms with E-state index in [1.807, 2.05) is 6.07 Å². The van der Waals surface area contributed by atoms with Gasteiger partial charge in [0.1, 0.15) is 0 Å². The van der Waals surface area contributed by atoms with Crippen LogP contribution in [0.15, 0.2) is 36.4 Å². The summed E-state index contributed by atoms with van der Waals surface area (Å²) in [5.41, 5.74) is 1.47. The molecule has 0 saturated carbocycles. The third kappa shape index (κ3) is 4.50. The summed E-state index contributed by atoms with van der Waals surface area (Å²) >= 11 is 12.2. The lowest BCUT2D eigenvalue weighted by Gasteiger charge is -2.33. The summed E-state index contributed by atoms with van der Waals surface area (Å²) in [4.78, 5) is 26.6. The zero-order valence-corrected chi connectivity index (χ0v) is 16.2. The molecule has 0 atom stereocenters. The molecule has 7 nitrogen and oxygen atoms in total. The highest BCUT2D eigenvalue weighted by Gasteiger charge is 2.21. The maximum absolute atomic E-state index is 12.7. The van der Waals surface area contributed by atoms with Gasteiger partial charge in [-0.15, -0.1) is 0 Å². The van der Waals surface area contributed by atoms with Gasteiger partial charge in [-0.1, -0.05) is 23.2 Å². The largest absolute Gasteiger partial charge is 0.359 e. The van der Waals surface area contributed by atoms with Crippen LogP contribution in [0.1, 0.15) is 10.4 Å². The Labute approximate surface area is 166 Å². The smallest absolute Gasteiger partial charge is 0.270 e. The average Bonchev–Trinajstić information content (AvgIpc) is 2.62. The van der Waals surface area contributed by atoms with Crippen LogP contribution in [0.5, 0.6) is 0 Å². The number of likely N-dealkylation sites (N-methyl/N-ethyl adjacent to an activating group) is 1. The Morgan fingerprint density at radius 2 is 1.89 bits per heavy atom. The zero-order chi connectivity index (χ0) is 19.6. The Kier molecular flexibility index (Phi) is 5.84. The van der Waals surface area contributed by atoms with E-state index >= 15 is 0 Å². The van der Waals surface area contributed by atoms with E-state index in [-0.39, 0.29) is 16.3 Å². The number of hydrogen-bond donors (Lipinski definition) is 2. The van der Waals surface area contributed by atoms with Crippen LogP contribution in [0.3, 0.4) is 0 Å². The topological polar surface area (TPSA) is 79.9 Å². The van der Waals surface area contributed by atoms with Crippen molar-refractivity contribution in [3.8, 4) is 0 Å². The molecule has 0 aromatic heterocycles. The number of hydrogen-bond acceptors (Lipinski definition) is 4. The third-order valence-electron chi connectivity index (χ3n) is 4.57. The molecule has 1 amide bonds. The highest BCUT2D eigenvalue weighted by Crippen LogP contribution is 2.31. The van der Waals surface area contributed by atoms with Crippen molar-refractivity contribution in [3.63, 3.8) is 0 Å². The van der Waals surface area contributed by atoms with Crippen LogP contribution in [0.2, 0.25) is 10.0 Å². The van der Waals surface area contributed by atoms with Gasteiger partial charge < -0.3 is 15.1 Å². The lowest BCUT2D eigenvalue weighted by molar-refractivity contribution is -0.880. The predicted octanol–water partition coefficient (Wildman–Crippen LogP) is 2.49. The van der Waals surface area contributed by atoms with Crippen LogP contribution in [0.25, 0.3) is 0 Å². The molecule has 9 heteroatoms. The highest BCUT2D eigenvalue weighted by atomic mass is 35.5. The van der Waals surface area contributed by atoms with Crippen LogP contribution >= 0.6 is 23.2 Å². The van der Waals surface area contributed by atoms with Crippen molar-refractivity contribution in [1.82, 2.24) is 0 Å². The molecule has 0 aliphatic carbocycles. The number of halogens is 2. The van der Waals surface area contributed by atoms with Gasteiger partial charge in [-0.25, -0.2) is 0 Å².